The van der Waals surface area contributed by atoms with Crippen LogP contribution in [0, 0.1) is 11.8 Å². The summed E-state index contributed by atoms with van der Waals surface area (Å²) >= 11 is 0. The maximum Gasteiger partial charge on any atom is 0.0552 e. The van der Waals surface area contributed by atoms with E-state index in [-0.39, 0.29) is 17.9 Å². The van der Waals surface area contributed by atoms with Crippen molar-refractivity contribution in [1.82, 2.24) is 0 Å². The van der Waals surface area contributed by atoms with Crippen molar-refractivity contribution in [2.75, 3.05) is 0 Å². The first-order valence-electron chi connectivity index (χ1n) is 22.2. The molecule has 1 nitrogen and oxygen atoms in total. The summed E-state index contributed by atoms with van der Waals surface area (Å²) in [7, 11) is -0.727. The molecular weight excluding hydrogens is 708 g/mol. The van der Waals surface area contributed by atoms with Crippen molar-refractivity contribution in [2.45, 2.75) is 149 Å². The molecule has 4 atom stereocenters. The molecule has 1 heterocycles. The van der Waals surface area contributed by atoms with Crippen LogP contribution in [0.2, 0.25) is 0 Å². The Morgan fingerprint density at radius 3 is 0.982 bits per heavy atom. The Labute approximate surface area is 348 Å². The van der Waals surface area contributed by atoms with Gasteiger partial charge in [-0.05, 0) is 121 Å². The minimum Gasteiger partial charge on any atom is -0.393 e. The molecule has 57 heavy (non-hydrogen) atoms. The van der Waals surface area contributed by atoms with Gasteiger partial charge in [-0.1, -0.05) is 206 Å². The van der Waals surface area contributed by atoms with E-state index in [0.717, 1.165) is 12.8 Å². The molecule has 2 heteroatoms. The van der Waals surface area contributed by atoms with Crippen LogP contribution in [-0.4, -0.2) is 22.5 Å². The van der Waals surface area contributed by atoms with Crippen LogP contribution in [-0.2, 0) is 0 Å². The second-order valence-corrected chi connectivity index (χ2v) is 21.5. The Bertz CT molecular complexity index is 1860. The summed E-state index contributed by atoms with van der Waals surface area (Å²) < 4.78 is 0. The third-order valence-corrected chi connectivity index (χ3v) is 17.0. The van der Waals surface area contributed by atoms with Gasteiger partial charge in [0.05, 0.1) is 6.10 Å². The zero-order chi connectivity index (χ0) is 41.1. The van der Waals surface area contributed by atoms with Gasteiger partial charge in [-0.3, -0.25) is 0 Å². The highest BCUT2D eigenvalue weighted by Crippen LogP contribution is 2.60. The van der Waals surface area contributed by atoms with Gasteiger partial charge in [0.2, 0.25) is 0 Å². The van der Waals surface area contributed by atoms with Crippen LogP contribution < -0.4 is 5.30 Å². The van der Waals surface area contributed by atoms with E-state index in [0.29, 0.717) is 46.8 Å². The van der Waals surface area contributed by atoms with Crippen molar-refractivity contribution >= 4 is 13.2 Å². The third kappa shape index (κ3) is 8.92. The molecule has 1 saturated heterocycles. The standard InChI is InChI=1S/C55H71OP/c1-34(2)43-26-19-27-44(35(3)4)53(43)51(40-22-15-13-16-23-40)47-30-21-31-48(55(47)57-49(38(9)10)32-42(56)33-50(57)39(11)12)52(41-24-17-14-18-25-41)54-45(36(5)6)28-20-29-46(54)37(7)8/h13-31,34-39,42,49-52,56H,32-33H2,1-12H3. The van der Waals surface area contributed by atoms with Gasteiger partial charge >= 0.3 is 0 Å². The summed E-state index contributed by atoms with van der Waals surface area (Å²) in [5.74, 6) is 2.53. The van der Waals surface area contributed by atoms with E-state index in [1.165, 1.54) is 55.6 Å². The summed E-state index contributed by atoms with van der Waals surface area (Å²) in [4.78, 5) is 0. The van der Waals surface area contributed by atoms with E-state index in [2.05, 4.69) is 198 Å². The largest absolute Gasteiger partial charge is 0.393 e. The van der Waals surface area contributed by atoms with E-state index in [1.54, 1.807) is 5.30 Å². The molecule has 4 unspecified atom stereocenters. The van der Waals surface area contributed by atoms with Crippen molar-refractivity contribution in [3.8, 4) is 0 Å². The molecule has 5 aromatic rings. The van der Waals surface area contributed by atoms with Gasteiger partial charge in [-0.25, -0.2) is 0 Å². The minimum absolute atomic E-state index is 0.0634. The predicted molar refractivity (Wildman–Crippen MR) is 250 cm³/mol. The van der Waals surface area contributed by atoms with Crippen LogP contribution in [0.4, 0.5) is 0 Å². The first-order chi connectivity index (χ1) is 27.2. The molecule has 1 aliphatic heterocycles. The molecule has 5 aromatic carbocycles. The Balaban J connectivity index is 1.86. The summed E-state index contributed by atoms with van der Waals surface area (Å²) in [6.07, 6.45) is 1.47. The number of benzene rings is 5. The highest BCUT2D eigenvalue weighted by atomic mass is 31.1. The lowest BCUT2D eigenvalue weighted by atomic mass is 9.73. The molecule has 0 bridgehead atoms. The van der Waals surface area contributed by atoms with Crippen LogP contribution in [0.1, 0.15) is 187 Å². The lowest BCUT2D eigenvalue weighted by Gasteiger charge is -2.47. The van der Waals surface area contributed by atoms with Gasteiger partial charge in [-0.15, -0.1) is 0 Å². The number of aliphatic hydroxyl groups is 1. The molecule has 0 aliphatic carbocycles. The van der Waals surface area contributed by atoms with E-state index in [4.69, 9.17) is 0 Å². The highest BCUT2D eigenvalue weighted by Gasteiger charge is 2.44. The Kier molecular flexibility index (Phi) is 14.1. The SMILES string of the molecule is CC(C)c1cccc(C(C)C)c1C(c1ccccc1)c1cccc(C(c2ccccc2)c2c(C(C)C)cccc2C(C)C)c1P1C(C(C)C)CC(O)CC1C(C)C. The Hall–Kier alpha value is -3.51. The number of hydrogen-bond acceptors (Lipinski definition) is 1. The summed E-state index contributed by atoms with van der Waals surface area (Å²) in [6, 6.07) is 44.6. The molecule has 1 fully saturated rings. The molecule has 0 spiro atoms. The van der Waals surface area contributed by atoms with Gasteiger partial charge in [0.15, 0.2) is 0 Å². The van der Waals surface area contributed by atoms with E-state index < -0.39 is 7.92 Å². The predicted octanol–water partition coefficient (Wildman–Crippen LogP) is 14.9. The molecule has 1 N–H and O–H groups in total. The highest BCUT2D eigenvalue weighted by molar-refractivity contribution is 7.67. The molecule has 0 radical (unpaired) electrons. The van der Waals surface area contributed by atoms with Crippen molar-refractivity contribution < 1.29 is 5.11 Å². The summed E-state index contributed by atoms with van der Waals surface area (Å²) in [5.41, 5.74) is 15.3. The maximum atomic E-state index is 11.7. The second kappa shape index (κ2) is 18.6. The quantitative estimate of drug-likeness (QED) is 0.0932. The molecule has 1 aliphatic rings. The molecule has 0 aromatic heterocycles. The Morgan fingerprint density at radius 2 is 0.702 bits per heavy atom. The maximum absolute atomic E-state index is 11.7. The van der Waals surface area contributed by atoms with Crippen LogP contribution in [0.5, 0.6) is 0 Å². The minimum atomic E-state index is -0.727. The molecular formula is C55H71OP. The van der Waals surface area contributed by atoms with E-state index in [9.17, 15) is 5.11 Å². The van der Waals surface area contributed by atoms with Gasteiger partial charge in [-0.2, -0.15) is 0 Å². The van der Waals surface area contributed by atoms with Crippen LogP contribution in [0.15, 0.2) is 115 Å². The van der Waals surface area contributed by atoms with Crippen molar-refractivity contribution in [3.05, 3.63) is 171 Å². The van der Waals surface area contributed by atoms with Gasteiger partial charge in [0, 0.05) is 11.8 Å². The molecule has 0 amide bonds. The normalized spacial score (nSPS) is 20.0. The van der Waals surface area contributed by atoms with Gasteiger partial charge < -0.3 is 5.11 Å². The van der Waals surface area contributed by atoms with Crippen LogP contribution in [0.3, 0.4) is 0 Å². The number of rotatable bonds is 13. The van der Waals surface area contributed by atoms with Crippen LogP contribution in [0.25, 0.3) is 0 Å². The molecule has 302 valence electrons. The number of hydrogen-bond donors (Lipinski definition) is 1. The zero-order valence-electron chi connectivity index (χ0n) is 37.1. The molecule has 0 saturated carbocycles. The van der Waals surface area contributed by atoms with Crippen molar-refractivity contribution in [1.29, 1.82) is 0 Å². The first-order valence-corrected chi connectivity index (χ1v) is 23.6. The summed E-state index contributed by atoms with van der Waals surface area (Å²) in [5, 5.41) is 13.3. The fourth-order valence-electron chi connectivity index (χ4n) is 10.2. The third-order valence-electron chi connectivity index (χ3n) is 12.9. The van der Waals surface area contributed by atoms with Crippen LogP contribution >= 0.6 is 7.92 Å². The second-order valence-electron chi connectivity index (χ2n) is 18.9. The number of aliphatic hydroxyl groups excluding tert-OH is 1. The van der Waals surface area contributed by atoms with E-state index >= 15 is 0 Å². The smallest absolute Gasteiger partial charge is 0.0552 e. The van der Waals surface area contributed by atoms with Gasteiger partial charge in [0.1, 0.15) is 0 Å². The fourth-order valence-corrected chi connectivity index (χ4v) is 14.6. The average Bonchev–Trinajstić information content (AvgIpc) is 3.18. The van der Waals surface area contributed by atoms with E-state index in [1.807, 2.05) is 0 Å². The lowest BCUT2D eigenvalue weighted by molar-refractivity contribution is 0.135. The lowest BCUT2D eigenvalue weighted by Crippen LogP contribution is -2.41. The monoisotopic (exact) mass is 779 g/mol. The van der Waals surface area contributed by atoms with Gasteiger partial charge in [0.25, 0.3) is 0 Å². The van der Waals surface area contributed by atoms with Crippen molar-refractivity contribution in [2.24, 2.45) is 11.8 Å². The first kappa shape index (κ1) is 43.1. The average molecular weight is 779 g/mol. The molecule has 6 rings (SSSR count). The fraction of sp³-hybridized carbons (Fsp3) is 0.455. The summed E-state index contributed by atoms with van der Waals surface area (Å²) in [6.45, 7) is 28.7. The zero-order valence-corrected chi connectivity index (χ0v) is 38.0. The Morgan fingerprint density at radius 1 is 0.404 bits per heavy atom. The van der Waals surface area contributed by atoms with Crippen molar-refractivity contribution in [3.63, 3.8) is 0 Å². The topological polar surface area (TPSA) is 20.2 Å².